The normalized spacial score (nSPS) is 17.9. The first-order valence-electron chi connectivity index (χ1n) is 20.3. The fourth-order valence-corrected chi connectivity index (χ4v) is 8.11. The number of nitrogens with two attached hydrogens (primary N) is 2. The monoisotopic (exact) mass is 794 g/mol. The number of likely N-dealkylation sites (N-methyl/N-ethyl adjacent to an activating group) is 1. The highest BCUT2D eigenvalue weighted by molar-refractivity contribution is 6.23. The number of carbonyl (C=O) groups excluding carboxylic acids is 3. The number of ether oxygens (including phenoxy) is 3. The van der Waals surface area contributed by atoms with Gasteiger partial charge in [0.05, 0.1) is 35.8 Å². The van der Waals surface area contributed by atoms with Crippen LogP contribution in [0.15, 0.2) is 70.3 Å². The molecule has 1 unspecified atom stereocenters. The number of likely N-dealkylation sites (tertiary alicyclic amines) is 2. The van der Waals surface area contributed by atoms with Gasteiger partial charge >= 0.3 is 0 Å². The zero-order valence-electron chi connectivity index (χ0n) is 33.4. The van der Waals surface area contributed by atoms with Crippen molar-refractivity contribution >= 4 is 34.5 Å². The number of imide groups is 1. The maximum atomic E-state index is 13.2. The second-order valence-electron chi connectivity index (χ2n) is 15.2. The number of hydrogen-bond acceptors (Lipinski definition) is 12. The van der Waals surface area contributed by atoms with Crippen LogP contribution in [0, 0.1) is 0 Å². The number of amides is 3. The minimum atomic E-state index is -0.872. The van der Waals surface area contributed by atoms with Gasteiger partial charge in [0.2, 0.25) is 5.91 Å². The van der Waals surface area contributed by atoms with E-state index in [1.165, 1.54) is 7.05 Å². The molecule has 3 amide bonds. The molecule has 2 saturated heterocycles. The second-order valence-corrected chi connectivity index (χ2v) is 15.2. The summed E-state index contributed by atoms with van der Waals surface area (Å²) in [6, 6.07) is 17.9. The molecule has 308 valence electrons. The van der Waals surface area contributed by atoms with Gasteiger partial charge in [-0.25, -0.2) is 0 Å². The van der Waals surface area contributed by atoms with Gasteiger partial charge in [-0.2, -0.15) is 5.10 Å². The van der Waals surface area contributed by atoms with Crippen LogP contribution in [0.2, 0.25) is 0 Å². The summed E-state index contributed by atoms with van der Waals surface area (Å²) < 4.78 is 24.4. The largest absolute Gasteiger partial charge is 0.490 e. The third-order valence-corrected chi connectivity index (χ3v) is 11.5. The lowest BCUT2D eigenvalue weighted by Crippen LogP contribution is -2.46. The first kappa shape index (κ1) is 40.8. The number of aromatic nitrogens is 1. The highest BCUT2D eigenvalue weighted by Crippen LogP contribution is 2.33. The predicted molar refractivity (Wildman–Crippen MR) is 219 cm³/mol. The van der Waals surface area contributed by atoms with E-state index >= 15 is 0 Å². The maximum absolute atomic E-state index is 13.2. The number of hydrogen-bond donors (Lipinski definition) is 3. The van der Waals surface area contributed by atoms with Gasteiger partial charge in [-0.05, 0) is 87.4 Å². The number of nitrogens with zero attached hydrogens (tertiary/aromatic N) is 5. The summed E-state index contributed by atoms with van der Waals surface area (Å²) in [5, 5.41) is 11.2. The third-order valence-electron chi connectivity index (χ3n) is 11.5. The molecule has 15 nitrogen and oxygen atoms in total. The number of rotatable bonds is 17. The smallest absolute Gasteiger partial charge is 0.262 e. The van der Waals surface area contributed by atoms with E-state index in [-0.39, 0.29) is 24.0 Å². The number of benzene rings is 3. The number of carbonyl (C=O) groups is 3. The quantitative estimate of drug-likeness (QED) is 0.0351. The molecule has 0 bridgehead atoms. The van der Waals surface area contributed by atoms with Crippen molar-refractivity contribution in [3.8, 4) is 17.1 Å². The molecule has 2 fully saturated rings. The lowest BCUT2D eigenvalue weighted by Gasteiger charge is -2.34. The molecule has 5 N–H and O–H groups in total. The van der Waals surface area contributed by atoms with Crippen molar-refractivity contribution in [2.24, 2.45) is 16.7 Å². The number of nitrogens with one attached hydrogen (secondary N) is 1. The Morgan fingerprint density at radius 1 is 0.931 bits per heavy atom. The van der Waals surface area contributed by atoms with Gasteiger partial charge in [0.15, 0.2) is 5.76 Å². The molecular formula is C43H54N8O7. The summed E-state index contributed by atoms with van der Waals surface area (Å²) in [7, 11) is 1.49. The van der Waals surface area contributed by atoms with Gasteiger partial charge < -0.3 is 45.4 Å². The average Bonchev–Trinajstić information content (AvgIpc) is 3.79. The molecule has 3 aliphatic rings. The van der Waals surface area contributed by atoms with Gasteiger partial charge in [0, 0.05) is 64.0 Å². The summed E-state index contributed by atoms with van der Waals surface area (Å²) in [6.45, 7) is 9.18. The Morgan fingerprint density at radius 2 is 1.66 bits per heavy atom. The van der Waals surface area contributed by atoms with E-state index in [9.17, 15) is 14.4 Å². The molecule has 3 aromatic carbocycles. The van der Waals surface area contributed by atoms with Crippen molar-refractivity contribution in [3.63, 3.8) is 0 Å². The molecule has 3 aliphatic heterocycles. The van der Waals surface area contributed by atoms with Crippen LogP contribution in [0.1, 0.15) is 70.9 Å². The van der Waals surface area contributed by atoms with E-state index in [1.807, 2.05) is 48.5 Å². The summed E-state index contributed by atoms with van der Waals surface area (Å²) in [5.41, 5.74) is 9.81. The lowest BCUT2D eigenvalue weighted by atomic mass is 9.99. The Kier molecular flexibility index (Phi) is 13.3. The van der Waals surface area contributed by atoms with E-state index in [0.29, 0.717) is 42.1 Å². The molecule has 0 spiro atoms. The Balaban J connectivity index is 0.754. The molecule has 15 heteroatoms. The zero-order chi connectivity index (χ0) is 40.6. The standard InChI is InChI=1S/C43H54N8O7/c1-28(41(52)46-2)51-42(53)35-10-4-6-29(38(35)43(51)54)8-5-23-55-24-21-49-17-13-32(14-18-49)56-25-22-50-19-15-33(16-20-50)57-34-9-3-7-30(26-34)39-36-27-31(40(44)47-45)11-12-37(36)48-58-39/h3-4,6-7,9-12,26-28,32-33H,5,8,13-25,45H2,1-2H3,(H2,44,47)(H,46,52). The van der Waals surface area contributed by atoms with Crippen molar-refractivity contribution in [2.45, 2.75) is 63.7 Å². The lowest BCUT2D eigenvalue weighted by molar-refractivity contribution is -0.124. The van der Waals surface area contributed by atoms with Crippen molar-refractivity contribution in [1.29, 1.82) is 0 Å². The van der Waals surface area contributed by atoms with Gasteiger partial charge in [0.25, 0.3) is 11.8 Å². The zero-order valence-corrected chi connectivity index (χ0v) is 33.4. The Hall–Kier alpha value is -5.35. The number of fused-ring (bicyclic) bond motifs is 2. The van der Waals surface area contributed by atoms with E-state index in [4.69, 9.17) is 30.3 Å². The van der Waals surface area contributed by atoms with E-state index < -0.39 is 17.9 Å². The van der Waals surface area contributed by atoms with Crippen molar-refractivity contribution < 1.29 is 33.1 Å². The molecule has 1 atom stereocenters. The van der Waals surface area contributed by atoms with Crippen molar-refractivity contribution in [3.05, 3.63) is 82.9 Å². The average molecular weight is 795 g/mol. The molecule has 1 aromatic heterocycles. The van der Waals surface area contributed by atoms with Crippen molar-refractivity contribution in [1.82, 2.24) is 25.2 Å². The van der Waals surface area contributed by atoms with Crippen LogP contribution in [-0.2, 0) is 20.7 Å². The minimum absolute atomic E-state index is 0.138. The van der Waals surface area contributed by atoms with Crippen LogP contribution >= 0.6 is 0 Å². The van der Waals surface area contributed by atoms with E-state index in [2.05, 4.69) is 25.4 Å². The number of piperidine rings is 2. The van der Waals surface area contributed by atoms with Crippen LogP contribution in [0.5, 0.6) is 5.75 Å². The summed E-state index contributed by atoms with van der Waals surface area (Å²) >= 11 is 0. The first-order chi connectivity index (χ1) is 28.2. The minimum Gasteiger partial charge on any atom is -0.490 e. The second kappa shape index (κ2) is 18.9. The van der Waals surface area contributed by atoms with Crippen LogP contribution in [0.3, 0.4) is 0 Å². The summed E-state index contributed by atoms with van der Waals surface area (Å²) in [4.78, 5) is 44.2. The summed E-state index contributed by atoms with van der Waals surface area (Å²) in [6.07, 6.45) is 5.68. The number of hydrazone groups is 1. The Labute approximate surface area is 338 Å². The fourth-order valence-electron chi connectivity index (χ4n) is 8.11. The van der Waals surface area contributed by atoms with Crippen LogP contribution < -0.4 is 21.6 Å². The van der Waals surface area contributed by atoms with Gasteiger partial charge in [-0.15, -0.1) is 0 Å². The highest BCUT2D eigenvalue weighted by atomic mass is 16.5. The number of aryl methyl sites for hydroxylation is 1. The van der Waals surface area contributed by atoms with Crippen molar-refractivity contribution in [2.75, 3.05) is 66.1 Å². The van der Waals surface area contributed by atoms with Crippen LogP contribution in [0.25, 0.3) is 22.2 Å². The highest BCUT2D eigenvalue weighted by Gasteiger charge is 2.41. The predicted octanol–water partition coefficient (Wildman–Crippen LogP) is 3.78. The fraction of sp³-hybridized carbons (Fsp3) is 0.465. The molecule has 0 saturated carbocycles. The molecule has 7 rings (SSSR count). The van der Waals surface area contributed by atoms with Gasteiger partial charge in [-0.1, -0.05) is 29.4 Å². The number of amidine groups is 1. The Bertz CT molecular complexity index is 2110. The first-order valence-corrected chi connectivity index (χ1v) is 20.3. The maximum Gasteiger partial charge on any atom is 0.262 e. The van der Waals surface area contributed by atoms with Crippen LogP contribution in [-0.4, -0.2) is 128 Å². The van der Waals surface area contributed by atoms with Crippen LogP contribution in [0.4, 0.5) is 0 Å². The molecule has 4 heterocycles. The van der Waals surface area contributed by atoms with Gasteiger partial charge in [-0.3, -0.25) is 19.3 Å². The van der Waals surface area contributed by atoms with E-state index in [1.54, 1.807) is 19.1 Å². The molecular weight excluding hydrogens is 741 g/mol. The molecule has 4 aromatic rings. The SMILES string of the molecule is CNC(=O)C(C)N1C(=O)c2cccc(CCCOCCN3CCC(OCCN4CCC(Oc5cccc(-c6onc7ccc(/C(N)=N/N)cc67)c5)CC4)CC3)c2C1=O. The molecule has 58 heavy (non-hydrogen) atoms. The molecule has 0 radical (unpaired) electrons. The van der Waals surface area contributed by atoms with E-state index in [0.717, 1.165) is 111 Å². The molecule has 0 aliphatic carbocycles. The third kappa shape index (κ3) is 9.34. The Morgan fingerprint density at radius 3 is 2.40 bits per heavy atom. The summed E-state index contributed by atoms with van der Waals surface area (Å²) in [5.74, 6) is 5.86. The topological polar surface area (TPSA) is 191 Å². The van der Waals surface area contributed by atoms with Gasteiger partial charge in [0.1, 0.15) is 29.2 Å².